The number of benzene rings is 1. The van der Waals surface area contributed by atoms with Crippen molar-refractivity contribution in [2.45, 2.75) is 38.8 Å². The number of aryl methyl sites for hydroxylation is 1. The lowest BCUT2D eigenvalue weighted by atomic mass is 9.95. The largest absolute Gasteiger partial charge is 0.373 e. The first-order valence-electron chi connectivity index (χ1n) is 10.1. The van der Waals surface area contributed by atoms with Gasteiger partial charge in [0.1, 0.15) is 0 Å². The van der Waals surface area contributed by atoms with Crippen LogP contribution in [0.15, 0.2) is 41.5 Å². The van der Waals surface area contributed by atoms with Crippen LogP contribution < -0.4 is 5.32 Å². The van der Waals surface area contributed by atoms with Gasteiger partial charge >= 0.3 is 0 Å². The molecule has 0 aliphatic carbocycles. The second kappa shape index (κ2) is 9.24. The number of ether oxygens (including phenoxy) is 1. The molecule has 152 valence electrons. The summed E-state index contributed by atoms with van der Waals surface area (Å²) in [6.07, 6.45) is 3.32. The fraction of sp³-hybridized carbons (Fsp3) is 0.545. The lowest BCUT2D eigenvalue weighted by Gasteiger charge is -2.25. The van der Waals surface area contributed by atoms with Crippen molar-refractivity contribution in [2.24, 2.45) is 18.0 Å². The van der Waals surface area contributed by atoms with Crippen LogP contribution in [0.2, 0.25) is 0 Å². The molecule has 0 bridgehead atoms. The second-order valence-corrected chi connectivity index (χ2v) is 7.90. The topological polar surface area (TPSA) is 54.7 Å². The summed E-state index contributed by atoms with van der Waals surface area (Å²) in [5.41, 5.74) is 3.65. The highest BCUT2D eigenvalue weighted by Gasteiger charge is 2.29. The van der Waals surface area contributed by atoms with Gasteiger partial charge in [-0.3, -0.25) is 9.67 Å². The summed E-state index contributed by atoms with van der Waals surface area (Å²) in [6, 6.07) is 10.5. The van der Waals surface area contributed by atoms with E-state index in [1.54, 1.807) is 0 Å². The molecule has 3 rings (SSSR count). The Morgan fingerprint density at radius 3 is 2.79 bits per heavy atom. The highest BCUT2D eigenvalue weighted by Crippen LogP contribution is 2.33. The molecule has 2 unspecified atom stereocenters. The minimum atomic E-state index is 0.156. The maximum absolute atomic E-state index is 6.01. The van der Waals surface area contributed by atoms with E-state index in [0.29, 0.717) is 11.8 Å². The highest BCUT2D eigenvalue weighted by atomic mass is 16.5. The molecular weight excluding hydrogens is 350 g/mol. The summed E-state index contributed by atoms with van der Waals surface area (Å²) in [5.74, 6) is 1.75. The van der Waals surface area contributed by atoms with Crippen LogP contribution in [-0.4, -0.2) is 47.9 Å². The van der Waals surface area contributed by atoms with E-state index in [0.717, 1.165) is 37.8 Å². The van der Waals surface area contributed by atoms with E-state index in [-0.39, 0.29) is 6.10 Å². The number of nitrogens with one attached hydrogen (secondary N) is 1. The molecular formula is C22H33N5O. The van der Waals surface area contributed by atoms with Gasteiger partial charge in [0, 0.05) is 58.5 Å². The average Bonchev–Trinajstić information content (AvgIpc) is 3.29. The van der Waals surface area contributed by atoms with Crippen molar-refractivity contribution in [1.82, 2.24) is 20.0 Å². The third-order valence-electron chi connectivity index (χ3n) is 5.33. The van der Waals surface area contributed by atoms with E-state index < -0.39 is 0 Å². The summed E-state index contributed by atoms with van der Waals surface area (Å²) >= 11 is 0. The van der Waals surface area contributed by atoms with Gasteiger partial charge in [-0.1, -0.05) is 44.2 Å². The molecule has 1 saturated heterocycles. The first-order chi connectivity index (χ1) is 13.5. The van der Waals surface area contributed by atoms with Crippen molar-refractivity contribution in [3.8, 4) is 0 Å². The van der Waals surface area contributed by atoms with Crippen molar-refractivity contribution in [3.63, 3.8) is 0 Å². The Hall–Kier alpha value is -2.34. The van der Waals surface area contributed by atoms with Gasteiger partial charge in [0.05, 0.1) is 11.8 Å². The summed E-state index contributed by atoms with van der Waals surface area (Å²) in [5, 5.41) is 8.17. The highest BCUT2D eigenvalue weighted by molar-refractivity contribution is 5.79. The predicted molar refractivity (Wildman–Crippen MR) is 113 cm³/mol. The van der Waals surface area contributed by atoms with Gasteiger partial charge < -0.3 is 15.0 Å². The van der Waals surface area contributed by atoms with Crippen LogP contribution >= 0.6 is 0 Å². The number of hydrogen-bond acceptors (Lipinski definition) is 3. The van der Waals surface area contributed by atoms with Crippen molar-refractivity contribution < 1.29 is 4.74 Å². The molecule has 1 aliphatic heterocycles. The SMILES string of the molecule is CN=C(NCC1CCOC1c1ccccc1)N(C)Cc1cn(C)nc1C(C)C. The Balaban J connectivity index is 1.61. The Bertz CT molecular complexity index is 783. The van der Waals surface area contributed by atoms with Gasteiger partial charge in [-0.2, -0.15) is 5.10 Å². The molecule has 6 nitrogen and oxygen atoms in total. The first-order valence-corrected chi connectivity index (χ1v) is 10.1. The van der Waals surface area contributed by atoms with Gasteiger partial charge in [-0.05, 0) is 17.9 Å². The smallest absolute Gasteiger partial charge is 0.193 e. The second-order valence-electron chi connectivity index (χ2n) is 7.90. The number of aliphatic imine (C=N–C) groups is 1. The predicted octanol–water partition coefficient (Wildman–Crippen LogP) is 3.33. The third kappa shape index (κ3) is 4.73. The lowest BCUT2D eigenvalue weighted by Crippen LogP contribution is -2.41. The number of nitrogens with zero attached hydrogens (tertiary/aromatic N) is 4. The zero-order valence-electron chi connectivity index (χ0n) is 17.7. The summed E-state index contributed by atoms with van der Waals surface area (Å²) in [7, 11) is 5.89. The minimum absolute atomic E-state index is 0.156. The van der Waals surface area contributed by atoms with Gasteiger partial charge in [-0.15, -0.1) is 0 Å². The quantitative estimate of drug-likeness (QED) is 0.614. The van der Waals surface area contributed by atoms with E-state index in [2.05, 4.69) is 71.7 Å². The minimum Gasteiger partial charge on any atom is -0.373 e. The molecule has 2 aromatic rings. The van der Waals surface area contributed by atoms with Gasteiger partial charge in [-0.25, -0.2) is 0 Å². The van der Waals surface area contributed by atoms with Crippen LogP contribution in [0.5, 0.6) is 0 Å². The van der Waals surface area contributed by atoms with E-state index in [9.17, 15) is 0 Å². The van der Waals surface area contributed by atoms with Crippen LogP contribution in [0.25, 0.3) is 0 Å². The number of rotatable bonds is 6. The molecule has 6 heteroatoms. The maximum atomic E-state index is 6.01. The van der Waals surface area contributed by atoms with Crippen molar-refractivity contribution >= 4 is 5.96 Å². The standard InChI is InChI=1S/C22H33N5O/c1-16(2)20-19(15-27(5)25-20)14-26(4)22(23-3)24-13-18-11-12-28-21(18)17-9-7-6-8-10-17/h6-10,15-16,18,21H,11-14H2,1-5H3,(H,23,24). The molecule has 2 heterocycles. The van der Waals surface area contributed by atoms with E-state index in [1.165, 1.54) is 11.1 Å². The summed E-state index contributed by atoms with van der Waals surface area (Å²) in [4.78, 5) is 6.65. The lowest BCUT2D eigenvalue weighted by molar-refractivity contribution is 0.0914. The Morgan fingerprint density at radius 1 is 1.36 bits per heavy atom. The molecule has 1 fully saturated rings. The Labute approximate surface area is 168 Å². The third-order valence-corrected chi connectivity index (χ3v) is 5.33. The van der Waals surface area contributed by atoms with Crippen LogP contribution in [0, 0.1) is 5.92 Å². The summed E-state index contributed by atoms with van der Waals surface area (Å²) in [6.45, 7) is 6.81. The molecule has 1 aromatic heterocycles. The van der Waals surface area contributed by atoms with Gasteiger partial charge in [0.15, 0.2) is 5.96 Å². The molecule has 2 atom stereocenters. The molecule has 0 saturated carbocycles. The zero-order valence-corrected chi connectivity index (χ0v) is 17.7. The monoisotopic (exact) mass is 383 g/mol. The first kappa shape index (κ1) is 20.4. The number of guanidine groups is 1. The maximum Gasteiger partial charge on any atom is 0.193 e. The molecule has 0 radical (unpaired) electrons. The molecule has 1 N–H and O–H groups in total. The molecule has 0 amide bonds. The fourth-order valence-corrected chi connectivity index (χ4v) is 3.95. The van der Waals surface area contributed by atoms with E-state index in [1.807, 2.05) is 24.8 Å². The zero-order chi connectivity index (χ0) is 20.1. The van der Waals surface area contributed by atoms with Crippen molar-refractivity contribution in [1.29, 1.82) is 0 Å². The number of hydrogen-bond donors (Lipinski definition) is 1. The Kier molecular flexibility index (Phi) is 6.73. The molecule has 1 aromatic carbocycles. The van der Waals surface area contributed by atoms with Gasteiger partial charge in [0.25, 0.3) is 0 Å². The van der Waals surface area contributed by atoms with Crippen LogP contribution in [0.3, 0.4) is 0 Å². The van der Waals surface area contributed by atoms with Crippen molar-refractivity contribution in [2.75, 3.05) is 27.2 Å². The fourth-order valence-electron chi connectivity index (χ4n) is 3.95. The van der Waals surface area contributed by atoms with E-state index in [4.69, 9.17) is 4.74 Å². The molecule has 0 spiro atoms. The van der Waals surface area contributed by atoms with Gasteiger partial charge in [0.2, 0.25) is 0 Å². The van der Waals surface area contributed by atoms with Crippen LogP contribution in [0.1, 0.15) is 49.1 Å². The molecule has 1 aliphatic rings. The van der Waals surface area contributed by atoms with Crippen LogP contribution in [0.4, 0.5) is 0 Å². The molecule has 28 heavy (non-hydrogen) atoms. The number of aromatic nitrogens is 2. The van der Waals surface area contributed by atoms with Crippen molar-refractivity contribution in [3.05, 3.63) is 53.3 Å². The van der Waals surface area contributed by atoms with E-state index >= 15 is 0 Å². The van der Waals surface area contributed by atoms with Crippen LogP contribution in [-0.2, 0) is 18.3 Å². The summed E-state index contributed by atoms with van der Waals surface area (Å²) < 4.78 is 7.91. The normalized spacial score (nSPS) is 20.0. The average molecular weight is 384 g/mol. The Morgan fingerprint density at radius 2 is 2.11 bits per heavy atom.